The zero-order valence-corrected chi connectivity index (χ0v) is 15.2. The number of aryl methyl sites for hydroxylation is 2. The fourth-order valence-corrected chi connectivity index (χ4v) is 3.50. The maximum Gasteiger partial charge on any atom is 0.214 e. The van der Waals surface area contributed by atoms with Crippen molar-refractivity contribution in [1.82, 2.24) is 20.2 Å². The van der Waals surface area contributed by atoms with Crippen LogP contribution in [0.15, 0.2) is 41.6 Å². The van der Waals surface area contributed by atoms with E-state index in [1.54, 1.807) is 11.6 Å². The molecule has 0 unspecified atom stereocenters. The van der Waals surface area contributed by atoms with Crippen LogP contribution in [0.4, 0.5) is 8.78 Å². The highest BCUT2D eigenvalue weighted by Gasteiger charge is 2.22. The number of Topliss-reactive ketones (excluding diaryl/α,β-unsaturated/α-hetero) is 1. The summed E-state index contributed by atoms with van der Waals surface area (Å²) in [5.74, 6) is -2.36. The number of para-hydroxylation sites is 1. The van der Waals surface area contributed by atoms with E-state index in [1.807, 2.05) is 32.0 Å². The average Bonchev–Trinajstić information content (AvgIpc) is 3.04. The predicted molar refractivity (Wildman–Crippen MR) is 94.6 cm³/mol. The fraction of sp³-hybridized carbons (Fsp3) is 0.222. The molecule has 0 aliphatic rings. The summed E-state index contributed by atoms with van der Waals surface area (Å²) in [6.07, 6.45) is 0. The average molecular weight is 374 g/mol. The number of halogens is 2. The van der Waals surface area contributed by atoms with Gasteiger partial charge in [0.25, 0.3) is 0 Å². The third kappa shape index (κ3) is 3.50. The van der Waals surface area contributed by atoms with Crippen LogP contribution in [0.2, 0.25) is 0 Å². The minimum Gasteiger partial charge on any atom is -0.293 e. The molecule has 2 aromatic carbocycles. The summed E-state index contributed by atoms with van der Waals surface area (Å²) in [6.45, 7) is 5.58. The van der Waals surface area contributed by atoms with Crippen LogP contribution in [0, 0.1) is 25.5 Å². The quantitative estimate of drug-likeness (QED) is 0.500. The molecule has 8 heteroatoms. The highest BCUT2D eigenvalue weighted by atomic mass is 32.2. The van der Waals surface area contributed by atoms with Crippen molar-refractivity contribution in [3.63, 3.8) is 0 Å². The van der Waals surface area contributed by atoms with E-state index in [9.17, 15) is 13.6 Å². The molecule has 1 aromatic heterocycles. The number of benzene rings is 2. The molecule has 0 saturated carbocycles. The lowest BCUT2D eigenvalue weighted by atomic mass is 10.1. The van der Waals surface area contributed by atoms with Crippen molar-refractivity contribution in [3.8, 4) is 5.69 Å². The van der Waals surface area contributed by atoms with Gasteiger partial charge in [-0.2, -0.15) is 4.68 Å². The molecule has 0 aliphatic carbocycles. The van der Waals surface area contributed by atoms with Crippen LogP contribution < -0.4 is 0 Å². The van der Waals surface area contributed by atoms with Gasteiger partial charge in [-0.25, -0.2) is 8.78 Å². The molecule has 1 atom stereocenters. The van der Waals surface area contributed by atoms with E-state index in [0.717, 1.165) is 40.7 Å². The molecule has 0 spiro atoms. The first-order valence-corrected chi connectivity index (χ1v) is 8.77. The van der Waals surface area contributed by atoms with Crippen molar-refractivity contribution >= 4 is 17.5 Å². The number of rotatable bonds is 5. The van der Waals surface area contributed by atoms with Gasteiger partial charge in [-0.05, 0) is 60.5 Å². The number of tetrazole rings is 1. The number of carbonyl (C=O) groups excluding carboxylic acids is 1. The van der Waals surface area contributed by atoms with Gasteiger partial charge in [-0.1, -0.05) is 30.0 Å². The summed E-state index contributed by atoms with van der Waals surface area (Å²) < 4.78 is 28.0. The first kappa shape index (κ1) is 18.2. The number of ketones is 1. The smallest absolute Gasteiger partial charge is 0.214 e. The SMILES string of the molecule is Cc1cccc(C)c1-n1nnnc1S[C@H](C)C(=O)c1ccc(F)c(F)c1. The number of aromatic nitrogens is 4. The van der Waals surface area contributed by atoms with Crippen LogP contribution in [0.1, 0.15) is 28.4 Å². The Morgan fingerprint density at radius 2 is 1.81 bits per heavy atom. The Balaban J connectivity index is 1.87. The molecule has 5 nitrogen and oxygen atoms in total. The molecule has 0 aliphatic heterocycles. The standard InChI is InChI=1S/C18H16F2N4OS/c1-10-5-4-6-11(2)16(10)24-18(21-22-23-24)26-12(3)17(25)13-7-8-14(19)15(20)9-13/h4-9,12H,1-3H3/t12-/m1/s1. The third-order valence-corrected chi connectivity index (χ3v) is 4.98. The summed E-state index contributed by atoms with van der Waals surface area (Å²) in [6, 6.07) is 8.97. The van der Waals surface area contributed by atoms with Gasteiger partial charge in [-0.3, -0.25) is 4.79 Å². The monoisotopic (exact) mass is 374 g/mol. The van der Waals surface area contributed by atoms with Gasteiger partial charge in [0, 0.05) is 5.56 Å². The molecule has 0 N–H and O–H groups in total. The van der Waals surface area contributed by atoms with Crippen molar-refractivity contribution < 1.29 is 13.6 Å². The first-order valence-electron chi connectivity index (χ1n) is 7.89. The van der Waals surface area contributed by atoms with Gasteiger partial charge in [0.05, 0.1) is 10.9 Å². The zero-order valence-electron chi connectivity index (χ0n) is 14.4. The van der Waals surface area contributed by atoms with Gasteiger partial charge in [0.2, 0.25) is 5.16 Å². The lowest BCUT2D eigenvalue weighted by molar-refractivity contribution is 0.0993. The van der Waals surface area contributed by atoms with E-state index < -0.39 is 16.9 Å². The number of carbonyl (C=O) groups is 1. The molecule has 3 aromatic rings. The molecule has 3 rings (SSSR count). The van der Waals surface area contributed by atoms with Crippen LogP contribution in [-0.4, -0.2) is 31.2 Å². The summed E-state index contributed by atoms with van der Waals surface area (Å²) in [5.41, 5.74) is 2.96. The molecular formula is C18H16F2N4OS. The highest BCUT2D eigenvalue weighted by molar-refractivity contribution is 8.00. The number of hydrogen-bond acceptors (Lipinski definition) is 5. The molecule has 0 radical (unpaired) electrons. The molecule has 26 heavy (non-hydrogen) atoms. The molecule has 0 saturated heterocycles. The Kier molecular flexibility index (Phi) is 5.13. The minimum atomic E-state index is -1.05. The van der Waals surface area contributed by atoms with Gasteiger partial charge < -0.3 is 0 Å². The third-order valence-electron chi connectivity index (χ3n) is 3.95. The molecule has 0 fully saturated rings. The second-order valence-corrected chi connectivity index (χ2v) is 7.17. The molecular weight excluding hydrogens is 358 g/mol. The lowest BCUT2D eigenvalue weighted by Crippen LogP contribution is -2.15. The van der Waals surface area contributed by atoms with Crippen LogP contribution in [-0.2, 0) is 0 Å². The van der Waals surface area contributed by atoms with Gasteiger partial charge in [0.15, 0.2) is 17.4 Å². The summed E-state index contributed by atoms with van der Waals surface area (Å²) in [4.78, 5) is 12.5. The number of thioether (sulfide) groups is 1. The second-order valence-electron chi connectivity index (χ2n) is 5.87. The normalized spacial score (nSPS) is 12.2. The van der Waals surface area contributed by atoms with Crippen LogP contribution in [0.3, 0.4) is 0 Å². The summed E-state index contributed by atoms with van der Waals surface area (Å²) >= 11 is 1.16. The maximum absolute atomic E-state index is 13.4. The Hall–Kier alpha value is -2.61. The number of nitrogens with zero attached hydrogens (tertiary/aromatic N) is 4. The highest BCUT2D eigenvalue weighted by Crippen LogP contribution is 2.28. The maximum atomic E-state index is 13.4. The molecule has 0 bridgehead atoms. The van der Waals surface area contributed by atoms with Crippen molar-refractivity contribution in [2.45, 2.75) is 31.2 Å². The van der Waals surface area contributed by atoms with Crippen molar-refractivity contribution in [3.05, 3.63) is 64.7 Å². The van der Waals surface area contributed by atoms with Gasteiger partial charge in [0.1, 0.15) is 0 Å². The molecule has 0 amide bonds. The predicted octanol–water partition coefficient (Wildman–Crippen LogP) is 3.92. The zero-order chi connectivity index (χ0) is 18.8. The molecule has 1 heterocycles. The van der Waals surface area contributed by atoms with E-state index in [0.29, 0.717) is 5.16 Å². The van der Waals surface area contributed by atoms with Gasteiger partial charge in [-0.15, -0.1) is 5.10 Å². The molecule has 134 valence electrons. The summed E-state index contributed by atoms with van der Waals surface area (Å²) in [7, 11) is 0. The fourth-order valence-electron chi connectivity index (χ4n) is 2.63. The Morgan fingerprint density at radius 1 is 1.12 bits per heavy atom. The Morgan fingerprint density at radius 3 is 2.46 bits per heavy atom. The van der Waals surface area contributed by atoms with Crippen molar-refractivity contribution in [1.29, 1.82) is 0 Å². The summed E-state index contributed by atoms with van der Waals surface area (Å²) in [5, 5.41) is 11.6. The largest absolute Gasteiger partial charge is 0.293 e. The number of hydrogen-bond donors (Lipinski definition) is 0. The van der Waals surface area contributed by atoms with E-state index in [-0.39, 0.29) is 11.3 Å². The lowest BCUT2D eigenvalue weighted by Gasteiger charge is -2.13. The minimum absolute atomic E-state index is 0.106. The van der Waals surface area contributed by atoms with Crippen LogP contribution in [0.25, 0.3) is 5.69 Å². The Labute approximate surface area is 153 Å². The van der Waals surface area contributed by atoms with E-state index in [2.05, 4.69) is 15.5 Å². The second kappa shape index (κ2) is 7.33. The van der Waals surface area contributed by atoms with Crippen LogP contribution >= 0.6 is 11.8 Å². The van der Waals surface area contributed by atoms with Crippen molar-refractivity contribution in [2.75, 3.05) is 0 Å². The first-order chi connectivity index (χ1) is 12.4. The van der Waals surface area contributed by atoms with E-state index >= 15 is 0 Å². The van der Waals surface area contributed by atoms with Gasteiger partial charge >= 0.3 is 0 Å². The van der Waals surface area contributed by atoms with Crippen LogP contribution in [0.5, 0.6) is 0 Å². The van der Waals surface area contributed by atoms with E-state index in [4.69, 9.17) is 0 Å². The topological polar surface area (TPSA) is 60.7 Å². The van der Waals surface area contributed by atoms with E-state index in [1.165, 1.54) is 6.07 Å². The Bertz CT molecular complexity index is 953. The van der Waals surface area contributed by atoms with Crippen molar-refractivity contribution in [2.24, 2.45) is 0 Å².